The van der Waals surface area contributed by atoms with Crippen molar-refractivity contribution < 1.29 is 9.47 Å². The molecule has 0 rings (SSSR count). The zero-order valence-corrected chi connectivity index (χ0v) is 9.34. The van der Waals surface area contributed by atoms with E-state index in [4.69, 9.17) is 9.47 Å². The summed E-state index contributed by atoms with van der Waals surface area (Å²) in [6.45, 7) is 9.64. The van der Waals surface area contributed by atoms with Crippen molar-refractivity contribution in [3.8, 4) is 0 Å². The second-order valence-electron chi connectivity index (χ2n) is 3.33. The van der Waals surface area contributed by atoms with Crippen molar-refractivity contribution in [3.05, 3.63) is 0 Å². The molecule has 0 spiro atoms. The molecule has 2 heteroatoms. The van der Waals surface area contributed by atoms with E-state index in [2.05, 4.69) is 6.92 Å². The van der Waals surface area contributed by atoms with Crippen LogP contribution in [0, 0.1) is 5.92 Å². The molecular formula is C11H24O2. The van der Waals surface area contributed by atoms with E-state index in [1.54, 1.807) is 0 Å². The summed E-state index contributed by atoms with van der Waals surface area (Å²) in [6, 6.07) is 0. The number of hydrogen-bond acceptors (Lipinski definition) is 2. The Labute approximate surface area is 82.6 Å². The Morgan fingerprint density at radius 1 is 0.923 bits per heavy atom. The molecule has 0 aliphatic rings. The van der Waals surface area contributed by atoms with Gasteiger partial charge >= 0.3 is 0 Å². The minimum Gasteiger partial charge on any atom is -0.381 e. The minimum absolute atomic E-state index is 0.597. The SMILES string of the molecule is CCCCC(COCC)COCC. The van der Waals surface area contributed by atoms with Gasteiger partial charge in [-0.3, -0.25) is 0 Å². The van der Waals surface area contributed by atoms with Crippen molar-refractivity contribution in [3.63, 3.8) is 0 Å². The lowest BCUT2D eigenvalue weighted by Crippen LogP contribution is -2.16. The summed E-state index contributed by atoms with van der Waals surface area (Å²) in [5.41, 5.74) is 0. The second-order valence-corrected chi connectivity index (χ2v) is 3.33. The molecule has 0 fully saturated rings. The fourth-order valence-electron chi connectivity index (χ4n) is 1.28. The van der Waals surface area contributed by atoms with Crippen LogP contribution in [0.25, 0.3) is 0 Å². The van der Waals surface area contributed by atoms with Crippen molar-refractivity contribution in [1.82, 2.24) is 0 Å². The van der Waals surface area contributed by atoms with Crippen LogP contribution in [0.3, 0.4) is 0 Å². The summed E-state index contributed by atoms with van der Waals surface area (Å²) < 4.78 is 10.8. The first-order valence-electron chi connectivity index (χ1n) is 5.50. The standard InChI is InChI=1S/C11H24O2/c1-4-7-8-11(9-12-5-2)10-13-6-3/h11H,4-10H2,1-3H3. The third kappa shape index (κ3) is 8.26. The van der Waals surface area contributed by atoms with Crippen molar-refractivity contribution in [2.45, 2.75) is 40.0 Å². The van der Waals surface area contributed by atoms with Gasteiger partial charge in [-0.15, -0.1) is 0 Å². The molecular weight excluding hydrogens is 164 g/mol. The Bertz CT molecular complexity index is 75.1. The van der Waals surface area contributed by atoms with Crippen LogP contribution < -0.4 is 0 Å². The molecule has 0 saturated heterocycles. The van der Waals surface area contributed by atoms with Crippen LogP contribution in [0.4, 0.5) is 0 Å². The Hall–Kier alpha value is -0.0800. The molecule has 0 radical (unpaired) electrons. The van der Waals surface area contributed by atoms with Crippen molar-refractivity contribution in [2.75, 3.05) is 26.4 Å². The maximum absolute atomic E-state index is 5.41. The number of ether oxygens (including phenoxy) is 2. The van der Waals surface area contributed by atoms with Gasteiger partial charge in [-0.1, -0.05) is 19.8 Å². The van der Waals surface area contributed by atoms with E-state index in [0.29, 0.717) is 5.92 Å². The predicted octanol–water partition coefficient (Wildman–Crippen LogP) is 2.87. The quantitative estimate of drug-likeness (QED) is 0.554. The van der Waals surface area contributed by atoms with Gasteiger partial charge in [0.1, 0.15) is 0 Å². The van der Waals surface area contributed by atoms with E-state index in [0.717, 1.165) is 26.4 Å². The van der Waals surface area contributed by atoms with E-state index in [1.165, 1.54) is 19.3 Å². The average Bonchev–Trinajstić information content (AvgIpc) is 2.17. The van der Waals surface area contributed by atoms with Gasteiger partial charge in [0.2, 0.25) is 0 Å². The molecule has 13 heavy (non-hydrogen) atoms. The maximum atomic E-state index is 5.41. The number of unbranched alkanes of at least 4 members (excludes halogenated alkanes) is 1. The molecule has 0 saturated carbocycles. The molecule has 0 aromatic carbocycles. The predicted molar refractivity (Wildman–Crippen MR) is 56.0 cm³/mol. The van der Waals surface area contributed by atoms with E-state index >= 15 is 0 Å². The highest BCUT2D eigenvalue weighted by atomic mass is 16.5. The van der Waals surface area contributed by atoms with E-state index in [9.17, 15) is 0 Å². The summed E-state index contributed by atoms with van der Waals surface area (Å²) in [7, 11) is 0. The highest BCUT2D eigenvalue weighted by molar-refractivity contribution is 4.57. The Morgan fingerprint density at radius 2 is 1.46 bits per heavy atom. The maximum Gasteiger partial charge on any atom is 0.0516 e. The van der Waals surface area contributed by atoms with E-state index in [1.807, 2.05) is 13.8 Å². The Balaban J connectivity index is 3.47. The number of hydrogen-bond donors (Lipinski definition) is 0. The second kappa shape index (κ2) is 10.0. The molecule has 0 atom stereocenters. The van der Waals surface area contributed by atoms with Crippen molar-refractivity contribution in [2.24, 2.45) is 5.92 Å². The normalized spacial score (nSPS) is 11.1. The smallest absolute Gasteiger partial charge is 0.0516 e. The molecule has 0 aliphatic heterocycles. The summed E-state index contributed by atoms with van der Waals surface area (Å²) in [6.07, 6.45) is 3.77. The molecule has 80 valence electrons. The molecule has 0 unspecified atom stereocenters. The molecule has 0 amide bonds. The van der Waals surface area contributed by atoms with E-state index in [-0.39, 0.29) is 0 Å². The molecule has 0 aliphatic carbocycles. The lowest BCUT2D eigenvalue weighted by molar-refractivity contribution is 0.0439. The van der Waals surface area contributed by atoms with Crippen molar-refractivity contribution >= 4 is 0 Å². The third-order valence-corrected chi connectivity index (χ3v) is 2.08. The summed E-state index contributed by atoms with van der Waals surface area (Å²) in [5.74, 6) is 0.597. The molecule has 0 aromatic rings. The fraction of sp³-hybridized carbons (Fsp3) is 1.00. The highest BCUT2D eigenvalue weighted by Crippen LogP contribution is 2.09. The number of rotatable bonds is 9. The zero-order valence-electron chi connectivity index (χ0n) is 9.34. The molecule has 0 heterocycles. The first kappa shape index (κ1) is 12.9. The van der Waals surface area contributed by atoms with Crippen molar-refractivity contribution in [1.29, 1.82) is 0 Å². The van der Waals surface area contributed by atoms with Crippen LogP contribution >= 0.6 is 0 Å². The topological polar surface area (TPSA) is 18.5 Å². The summed E-state index contributed by atoms with van der Waals surface area (Å²) in [4.78, 5) is 0. The molecule has 0 aromatic heterocycles. The van der Waals surface area contributed by atoms with E-state index < -0.39 is 0 Å². The van der Waals surface area contributed by atoms with Crippen LogP contribution in [0.15, 0.2) is 0 Å². The summed E-state index contributed by atoms with van der Waals surface area (Å²) in [5, 5.41) is 0. The fourth-order valence-corrected chi connectivity index (χ4v) is 1.28. The molecule has 0 bridgehead atoms. The third-order valence-electron chi connectivity index (χ3n) is 2.08. The lowest BCUT2D eigenvalue weighted by atomic mass is 10.0. The van der Waals surface area contributed by atoms with Crippen LogP contribution in [0.2, 0.25) is 0 Å². The van der Waals surface area contributed by atoms with Gasteiger partial charge in [-0.25, -0.2) is 0 Å². The van der Waals surface area contributed by atoms with Crippen LogP contribution in [-0.4, -0.2) is 26.4 Å². The molecule has 2 nitrogen and oxygen atoms in total. The Morgan fingerprint density at radius 3 is 1.85 bits per heavy atom. The molecule has 0 N–H and O–H groups in total. The minimum atomic E-state index is 0.597. The van der Waals surface area contributed by atoms with Crippen LogP contribution in [0.1, 0.15) is 40.0 Å². The largest absolute Gasteiger partial charge is 0.381 e. The van der Waals surface area contributed by atoms with Crippen LogP contribution in [-0.2, 0) is 9.47 Å². The van der Waals surface area contributed by atoms with Gasteiger partial charge in [0, 0.05) is 19.1 Å². The van der Waals surface area contributed by atoms with Gasteiger partial charge in [0.05, 0.1) is 13.2 Å². The lowest BCUT2D eigenvalue weighted by Gasteiger charge is -2.15. The van der Waals surface area contributed by atoms with Gasteiger partial charge in [0.25, 0.3) is 0 Å². The van der Waals surface area contributed by atoms with Gasteiger partial charge in [-0.05, 0) is 20.3 Å². The van der Waals surface area contributed by atoms with Crippen LogP contribution in [0.5, 0.6) is 0 Å². The summed E-state index contributed by atoms with van der Waals surface area (Å²) >= 11 is 0. The van der Waals surface area contributed by atoms with Gasteiger partial charge in [-0.2, -0.15) is 0 Å². The average molecular weight is 188 g/mol. The zero-order chi connectivity index (χ0) is 9.94. The first-order chi connectivity index (χ1) is 6.35. The first-order valence-corrected chi connectivity index (χ1v) is 5.50. The van der Waals surface area contributed by atoms with Gasteiger partial charge in [0.15, 0.2) is 0 Å². The monoisotopic (exact) mass is 188 g/mol. The Kier molecular flexibility index (Phi) is 9.94. The van der Waals surface area contributed by atoms with Gasteiger partial charge < -0.3 is 9.47 Å². The highest BCUT2D eigenvalue weighted by Gasteiger charge is 2.07.